The third kappa shape index (κ3) is 9.29. The van der Waals surface area contributed by atoms with Gasteiger partial charge >= 0.3 is 0 Å². The molecule has 46 heavy (non-hydrogen) atoms. The van der Waals surface area contributed by atoms with E-state index in [9.17, 15) is 13.2 Å². The van der Waals surface area contributed by atoms with Crippen LogP contribution in [0.25, 0.3) is 21.7 Å². The Morgan fingerprint density at radius 2 is 1.43 bits per heavy atom. The number of amides is 1. The van der Waals surface area contributed by atoms with Crippen molar-refractivity contribution in [2.24, 2.45) is 4.52 Å². The van der Waals surface area contributed by atoms with E-state index in [2.05, 4.69) is 48.9 Å². The SMILES string of the molecule is [N-]=[N+]=NS(=O)(=O)c1ccc(CN(CCSc2ccccc2)Cc2ccc(CNC(=O)c3ccc(-c4ccccn4)cc3)cc2)cc1. The summed E-state index contributed by atoms with van der Waals surface area (Å²) in [5.41, 5.74) is 14.0. The fourth-order valence-electron chi connectivity index (χ4n) is 4.77. The van der Waals surface area contributed by atoms with Crippen LogP contribution in [0.5, 0.6) is 0 Å². The molecule has 0 atom stereocenters. The lowest BCUT2D eigenvalue weighted by Gasteiger charge is -2.23. The van der Waals surface area contributed by atoms with Crippen LogP contribution in [0.1, 0.15) is 27.0 Å². The molecule has 0 radical (unpaired) electrons. The molecule has 9 nitrogen and oxygen atoms in total. The van der Waals surface area contributed by atoms with E-state index in [1.54, 1.807) is 42.2 Å². The zero-order valence-corrected chi connectivity index (χ0v) is 26.6. The van der Waals surface area contributed by atoms with E-state index in [1.807, 2.05) is 60.7 Å². The number of sulfonamides is 1. The molecule has 0 saturated carbocycles. The Morgan fingerprint density at radius 1 is 0.804 bits per heavy atom. The normalized spacial score (nSPS) is 11.2. The van der Waals surface area contributed by atoms with Gasteiger partial charge in [0.15, 0.2) is 0 Å². The molecule has 0 spiro atoms. The molecule has 4 aromatic carbocycles. The lowest BCUT2D eigenvalue weighted by Crippen LogP contribution is -2.25. The van der Waals surface area contributed by atoms with Crippen molar-refractivity contribution in [3.8, 4) is 11.3 Å². The second kappa shape index (κ2) is 15.9. The number of hydrogen-bond acceptors (Lipinski definition) is 6. The molecule has 232 valence electrons. The van der Waals surface area contributed by atoms with Gasteiger partial charge in [0.1, 0.15) is 0 Å². The summed E-state index contributed by atoms with van der Waals surface area (Å²) < 4.78 is 27.1. The quantitative estimate of drug-likeness (QED) is 0.0576. The number of carbonyl (C=O) groups is 1. The average molecular weight is 649 g/mol. The number of aromatic nitrogens is 1. The molecule has 0 bridgehead atoms. The van der Waals surface area contributed by atoms with Gasteiger partial charge in [-0.2, -0.15) is 0 Å². The third-order valence-electron chi connectivity index (χ3n) is 7.18. The summed E-state index contributed by atoms with van der Waals surface area (Å²) in [7, 11) is -4.03. The van der Waals surface area contributed by atoms with Crippen LogP contribution in [0.15, 0.2) is 142 Å². The summed E-state index contributed by atoms with van der Waals surface area (Å²) in [6.07, 6.45) is 1.75. The maximum absolute atomic E-state index is 12.8. The van der Waals surface area contributed by atoms with Gasteiger partial charge in [-0.1, -0.05) is 72.8 Å². The second-order valence-corrected chi connectivity index (χ2v) is 13.2. The smallest absolute Gasteiger partial charge is 0.264 e. The summed E-state index contributed by atoms with van der Waals surface area (Å²) in [5.74, 6) is 0.734. The van der Waals surface area contributed by atoms with Gasteiger partial charge in [-0.15, -0.1) is 11.8 Å². The van der Waals surface area contributed by atoms with Gasteiger partial charge in [0, 0.05) is 63.6 Å². The number of rotatable bonds is 14. The number of pyridine rings is 1. The number of nitrogens with zero attached hydrogens (tertiary/aromatic N) is 5. The number of benzene rings is 4. The van der Waals surface area contributed by atoms with Gasteiger partial charge in [-0.05, 0) is 70.8 Å². The predicted molar refractivity (Wildman–Crippen MR) is 181 cm³/mol. The molecule has 11 heteroatoms. The minimum atomic E-state index is -4.03. The molecular formula is C35H32N6O3S2. The Balaban J connectivity index is 1.19. The van der Waals surface area contributed by atoms with E-state index >= 15 is 0 Å². The van der Waals surface area contributed by atoms with E-state index in [0.29, 0.717) is 25.2 Å². The van der Waals surface area contributed by atoms with Crippen LogP contribution in [-0.2, 0) is 29.7 Å². The van der Waals surface area contributed by atoms with Crippen molar-refractivity contribution < 1.29 is 13.2 Å². The van der Waals surface area contributed by atoms with Crippen LogP contribution < -0.4 is 5.32 Å². The molecule has 5 rings (SSSR count). The first kappa shape index (κ1) is 32.5. The van der Waals surface area contributed by atoms with Crippen molar-refractivity contribution in [1.82, 2.24) is 15.2 Å². The summed E-state index contributed by atoms with van der Waals surface area (Å²) in [4.78, 5) is 23.0. The maximum Gasteiger partial charge on any atom is 0.264 e. The molecule has 1 heterocycles. The van der Waals surface area contributed by atoms with Crippen molar-refractivity contribution in [3.63, 3.8) is 0 Å². The van der Waals surface area contributed by atoms with Crippen molar-refractivity contribution in [2.75, 3.05) is 12.3 Å². The van der Waals surface area contributed by atoms with Gasteiger partial charge < -0.3 is 5.32 Å². The highest BCUT2D eigenvalue weighted by molar-refractivity contribution is 7.99. The first-order chi connectivity index (χ1) is 22.4. The average Bonchev–Trinajstić information content (AvgIpc) is 3.09. The van der Waals surface area contributed by atoms with E-state index in [0.717, 1.165) is 40.2 Å². The topological polar surface area (TPSA) is 128 Å². The van der Waals surface area contributed by atoms with E-state index in [-0.39, 0.29) is 10.8 Å². The highest BCUT2D eigenvalue weighted by Gasteiger charge is 2.13. The summed E-state index contributed by atoms with van der Waals surface area (Å²) in [6.45, 7) is 2.50. The standard InChI is InChI=1S/C35H32N6O3S2/c36-39-40-46(43,44)33-19-13-29(14-20-33)26-41(22-23-45-32-6-2-1-3-7-32)25-28-11-9-27(10-12-28)24-38-35(42)31-17-15-30(16-18-31)34-8-4-5-21-37-34/h1-21H,22-26H2,(H,38,42). The zero-order valence-electron chi connectivity index (χ0n) is 24.9. The molecule has 0 aliphatic heterocycles. The summed E-state index contributed by atoms with van der Waals surface area (Å²) in [5, 5.41) is 3.00. The van der Waals surface area contributed by atoms with Crippen molar-refractivity contribution in [2.45, 2.75) is 29.4 Å². The van der Waals surface area contributed by atoms with Crippen LogP contribution in [-0.4, -0.2) is 36.5 Å². The highest BCUT2D eigenvalue weighted by atomic mass is 32.2. The lowest BCUT2D eigenvalue weighted by molar-refractivity contribution is 0.0951. The molecule has 1 aromatic heterocycles. The largest absolute Gasteiger partial charge is 0.348 e. The minimum Gasteiger partial charge on any atom is -0.348 e. The van der Waals surface area contributed by atoms with Gasteiger partial charge in [0.2, 0.25) is 0 Å². The van der Waals surface area contributed by atoms with E-state index < -0.39 is 10.0 Å². The Bertz CT molecular complexity index is 1880. The molecule has 0 unspecified atom stereocenters. The molecule has 0 saturated heterocycles. The van der Waals surface area contributed by atoms with Gasteiger partial charge in [-0.3, -0.25) is 14.7 Å². The van der Waals surface area contributed by atoms with Gasteiger partial charge in [0.05, 0.1) is 10.6 Å². The zero-order chi connectivity index (χ0) is 32.2. The number of carbonyl (C=O) groups excluding carboxylic acids is 1. The molecule has 1 amide bonds. The first-order valence-corrected chi connectivity index (χ1v) is 17.0. The van der Waals surface area contributed by atoms with Gasteiger partial charge in [0.25, 0.3) is 15.9 Å². The molecule has 0 fully saturated rings. The number of azide groups is 1. The van der Waals surface area contributed by atoms with E-state index in [4.69, 9.17) is 5.53 Å². The summed E-state index contributed by atoms with van der Waals surface area (Å²) in [6, 6.07) is 38.0. The Morgan fingerprint density at radius 3 is 2.07 bits per heavy atom. The second-order valence-electron chi connectivity index (χ2n) is 10.5. The van der Waals surface area contributed by atoms with Crippen LogP contribution in [0.4, 0.5) is 0 Å². The minimum absolute atomic E-state index is 0.0376. The number of hydrogen-bond donors (Lipinski definition) is 1. The van der Waals surface area contributed by atoms with Gasteiger partial charge in [-0.25, -0.2) is 8.42 Å². The Hall–Kier alpha value is -4.93. The van der Waals surface area contributed by atoms with Crippen molar-refractivity contribution in [3.05, 3.63) is 160 Å². The monoisotopic (exact) mass is 648 g/mol. The first-order valence-electron chi connectivity index (χ1n) is 14.6. The number of thioether (sulfide) groups is 1. The fraction of sp³-hybridized carbons (Fsp3) is 0.143. The Labute approximate surface area is 273 Å². The van der Waals surface area contributed by atoms with E-state index in [1.165, 1.54) is 17.0 Å². The molecular weight excluding hydrogens is 617 g/mol. The number of nitrogens with one attached hydrogen (secondary N) is 1. The van der Waals surface area contributed by atoms with Crippen LogP contribution in [0, 0.1) is 0 Å². The molecule has 0 aliphatic rings. The Kier molecular flexibility index (Phi) is 11.2. The van der Waals surface area contributed by atoms with Crippen molar-refractivity contribution in [1.29, 1.82) is 0 Å². The van der Waals surface area contributed by atoms with Crippen LogP contribution >= 0.6 is 11.8 Å². The maximum atomic E-state index is 12.8. The summed E-state index contributed by atoms with van der Waals surface area (Å²) >= 11 is 1.78. The highest BCUT2D eigenvalue weighted by Crippen LogP contribution is 2.21. The molecule has 0 aliphatic carbocycles. The van der Waals surface area contributed by atoms with Crippen molar-refractivity contribution >= 4 is 27.7 Å². The third-order valence-corrected chi connectivity index (χ3v) is 9.33. The molecule has 1 N–H and O–H groups in total. The van der Waals surface area contributed by atoms with Crippen LogP contribution in [0.2, 0.25) is 0 Å². The van der Waals surface area contributed by atoms with Crippen LogP contribution in [0.3, 0.4) is 0 Å². The fourth-order valence-corrected chi connectivity index (χ4v) is 6.38. The predicted octanol–water partition coefficient (Wildman–Crippen LogP) is 7.47. The molecule has 5 aromatic rings. The lowest BCUT2D eigenvalue weighted by atomic mass is 10.1.